The minimum absolute atomic E-state index is 0.0702. The number of carbonyl (C=O) groups excluding carboxylic acids is 3. The molecule has 0 radical (unpaired) electrons. The third-order valence-electron chi connectivity index (χ3n) is 3.45. The van der Waals surface area contributed by atoms with Crippen molar-refractivity contribution in [3.8, 4) is 0 Å². The molecule has 2 rings (SSSR count). The first kappa shape index (κ1) is 17.5. The Balaban J connectivity index is 2.11. The lowest BCUT2D eigenvalue weighted by molar-refractivity contribution is -0.146. The van der Waals surface area contributed by atoms with Gasteiger partial charge in [0.2, 0.25) is 0 Å². The lowest BCUT2D eigenvalue weighted by Gasteiger charge is -2.30. The van der Waals surface area contributed by atoms with E-state index in [9.17, 15) is 14.4 Å². The molecule has 0 saturated heterocycles. The summed E-state index contributed by atoms with van der Waals surface area (Å²) in [5, 5.41) is 0. The van der Waals surface area contributed by atoms with Gasteiger partial charge in [-0.05, 0) is 12.0 Å². The van der Waals surface area contributed by atoms with Gasteiger partial charge in [-0.1, -0.05) is 30.3 Å². The van der Waals surface area contributed by atoms with Crippen molar-refractivity contribution in [2.24, 2.45) is 0 Å². The van der Waals surface area contributed by atoms with Crippen LogP contribution in [-0.4, -0.2) is 36.1 Å². The van der Waals surface area contributed by atoms with Crippen LogP contribution in [0.15, 0.2) is 42.3 Å². The molecule has 7 heteroatoms. The number of carbonyl (C=O) groups is 3. The first-order chi connectivity index (χ1) is 11.5. The van der Waals surface area contributed by atoms with Crippen molar-refractivity contribution in [3.05, 3.63) is 47.9 Å². The minimum atomic E-state index is -0.808. The van der Waals surface area contributed by atoms with Crippen LogP contribution in [0.4, 0.5) is 4.79 Å². The molecule has 0 fully saturated rings. The monoisotopic (exact) mass is 333 g/mol. The summed E-state index contributed by atoms with van der Waals surface area (Å²) in [6.07, 6.45) is 1.24. The third-order valence-corrected chi connectivity index (χ3v) is 3.45. The predicted molar refractivity (Wildman–Crippen MR) is 83.4 cm³/mol. The molecular weight excluding hydrogens is 314 g/mol. The molecule has 1 aliphatic rings. The Labute approximate surface area is 139 Å². The number of hydrogen-bond donors (Lipinski definition) is 0. The topological polar surface area (TPSA) is 82.1 Å². The Morgan fingerprint density at radius 3 is 2.54 bits per heavy atom. The molecule has 0 spiro atoms. The number of ether oxygens (including phenoxy) is 3. The predicted octanol–water partition coefficient (Wildman–Crippen LogP) is 2.37. The number of esters is 2. The molecule has 1 amide bonds. The molecule has 0 unspecified atom stereocenters. The smallest absolute Gasteiger partial charge is 0.415 e. The van der Waals surface area contributed by atoms with Gasteiger partial charge in [0.25, 0.3) is 0 Å². The summed E-state index contributed by atoms with van der Waals surface area (Å²) in [7, 11) is 1.25. The molecule has 7 nitrogen and oxygen atoms in total. The SMILES string of the molecule is COC(=O)[C@@H]1CCC(OC(C)=O)=CN1C(=O)OCc1ccccc1. The van der Waals surface area contributed by atoms with Crippen LogP contribution >= 0.6 is 0 Å². The van der Waals surface area contributed by atoms with Gasteiger partial charge >= 0.3 is 18.0 Å². The number of methoxy groups -OCH3 is 1. The molecule has 1 aromatic rings. The quantitative estimate of drug-likeness (QED) is 0.621. The summed E-state index contributed by atoms with van der Waals surface area (Å²) in [5.74, 6) is -0.737. The van der Waals surface area contributed by atoms with Crippen LogP contribution in [0.1, 0.15) is 25.3 Å². The van der Waals surface area contributed by atoms with Crippen molar-refractivity contribution in [1.29, 1.82) is 0 Å². The first-order valence-corrected chi connectivity index (χ1v) is 7.47. The lowest BCUT2D eigenvalue weighted by Crippen LogP contribution is -2.44. The molecule has 1 atom stereocenters. The summed E-state index contributed by atoms with van der Waals surface area (Å²) < 4.78 is 15.0. The molecule has 24 heavy (non-hydrogen) atoms. The van der Waals surface area contributed by atoms with Crippen molar-refractivity contribution in [3.63, 3.8) is 0 Å². The van der Waals surface area contributed by atoms with Crippen molar-refractivity contribution < 1.29 is 28.6 Å². The van der Waals surface area contributed by atoms with E-state index < -0.39 is 24.1 Å². The average molecular weight is 333 g/mol. The van der Waals surface area contributed by atoms with Gasteiger partial charge in [0.15, 0.2) is 0 Å². The van der Waals surface area contributed by atoms with Crippen LogP contribution in [0.25, 0.3) is 0 Å². The summed E-state index contributed by atoms with van der Waals surface area (Å²) in [6, 6.07) is 8.36. The number of benzene rings is 1. The van der Waals surface area contributed by atoms with E-state index in [1.54, 1.807) is 0 Å². The van der Waals surface area contributed by atoms with E-state index >= 15 is 0 Å². The Bertz CT molecular complexity index is 640. The van der Waals surface area contributed by atoms with E-state index in [1.165, 1.54) is 20.2 Å². The third kappa shape index (κ3) is 4.58. The van der Waals surface area contributed by atoms with E-state index in [0.29, 0.717) is 12.2 Å². The van der Waals surface area contributed by atoms with Gasteiger partial charge in [-0.3, -0.25) is 9.69 Å². The van der Waals surface area contributed by atoms with Crippen LogP contribution in [0.2, 0.25) is 0 Å². The second-order valence-electron chi connectivity index (χ2n) is 5.21. The largest absolute Gasteiger partial charge is 0.467 e. The average Bonchev–Trinajstić information content (AvgIpc) is 2.59. The zero-order valence-corrected chi connectivity index (χ0v) is 13.6. The Hall–Kier alpha value is -2.83. The van der Waals surface area contributed by atoms with Crippen molar-refractivity contribution in [2.75, 3.05) is 7.11 Å². The summed E-state index contributed by atoms with van der Waals surface area (Å²) in [5.41, 5.74) is 0.821. The second kappa shape index (κ2) is 8.14. The molecule has 128 valence electrons. The number of hydrogen-bond acceptors (Lipinski definition) is 6. The van der Waals surface area contributed by atoms with Crippen molar-refractivity contribution in [1.82, 2.24) is 4.90 Å². The number of amides is 1. The fourth-order valence-electron chi connectivity index (χ4n) is 2.33. The number of allylic oxidation sites excluding steroid dienone is 1. The van der Waals surface area contributed by atoms with Crippen LogP contribution in [0.5, 0.6) is 0 Å². The van der Waals surface area contributed by atoms with E-state index in [-0.39, 0.29) is 13.0 Å². The molecule has 1 aliphatic heterocycles. The second-order valence-corrected chi connectivity index (χ2v) is 5.21. The minimum Gasteiger partial charge on any atom is -0.467 e. The van der Waals surface area contributed by atoms with Crippen LogP contribution < -0.4 is 0 Å². The van der Waals surface area contributed by atoms with E-state index in [0.717, 1.165) is 10.5 Å². The maximum atomic E-state index is 12.3. The van der Waals surface area contributed by atoms with Crippen molar-refractivity contribution >= 4 is 18.0 Å². The summed E-state index contributed by atoms with van der Waals surface area (Å²) in [4.78, 5) is 36.4. The first-order valence-electron chi connectivity index (χ1n) is 7.47. The highest BCUT2D eigenvalue weighted by molar-refractivity contribution is 5.82. The molecule has 0 N–H and O–H groups in total. The molecule has 1 aromatic carbocycles. The molecule has 1 heterocycles. The molecule has 0 bridgehead atoms. The van der Waals surface area contributed by atoms with Crippen LogP contribution in [0.3, 0.4) is 0 Å². The fraction of sp³-hybridized carbons (Fsp3) is 0.353. The highest BCUT2D eigenvalue weighted by atomic mass is 16.6. The van der Waals surface area contributed by atoms with Gasteiger partial charge in [0.1, 0.15) is 18.4 Å². The lowest BCUT2D eigenvalue weighted by atomic mass is 10.1. The van der Waals surface area contributed by atoms with Gasteiger partial charge in [-0.15, -0.1) is 0 Å². The Kier molecular flexibility index (Phi) is 5.95. The zero-order chi connectivity index (χ0) is 17.5. The van der Waals surface area contributed by atoms with Gasteiger partial charge in [-0.25, -0.2) is 9.59 Å². The van der Waals surface area contributed by atoms with E-state index in [2.05, 4.69) is 0 Å². The van der Waals surface area contributed by atoms with Gasteiger partial charge in [0.05, 0.1) is 7.11 Å². The molecular formula is C17H19NO6. The standard InChI is InChI=1S/C17H19NO6/c1-12(19)24-14-8-9-15(16(20)22-2)18(10-14)17(21)23-11-13-6-4-3-5-7-13/h3-7,10,15H,8-9,11H2,1-2H3/t15-/m0/s1. The van der Waals surface area contributed by atoms with Gasteiger partial charge in [-0.2, -0.15) is 0 Å². The summed E-state index contributed by atoms with van der Waals surface area (Å²) in [6.45, 7) is 1.34. The molecule has 0 aromatic heterocycles. The maximum absolute atomic E-state index is 12.3. The Morgan fingerprint density at radius 1 is 1.21 bits per heavy atom. The van der Waals surface area contributed by atoms with Crippen LogP contribution in [-0.2, 0) is 30.4 Å². The highest BCUT2D eigenvalue weighted by Gasteiger charge is 2.34. The summed E-state index contributed by atoms with van der Waals surface area (Å²) >= 11 is 0. The number of nitrogens with zero attached hydrogens (tertiary/aromatic N) is 1. The fourth-order valence-corrected chi connectivity index (χ4v) is 2.33. The zero-order valence-electron chi connectivity index (χ0n) is 13.6. The number of rotatable bonds is 4. The molecule has 0 saturated carbocycles. The van der Waals surface area contributed by atoms with E-state index in [1.807, 2.05) is 30.3 Å². The molecule has 0 aliphatic carbocycles. The van der Waals surface area contributed by atoms with Gasteiger partial charge < -0.3 is 14.2 Å². The van der Waals surface area contributed by atoms with E-state index in [4.69, 9.17) is 14.2 Å². The highest BCUT2D eigenvalue weighted by Crippen LogP contribution is 2.23. The van der Waals surface area contributed by atoms with Crippen molar-refractivity contribution in [2.45, 2.75) is 32.4 Å². The normalized spacial score (nSPS) is 16.8. The Morgan fingerprint density at radius 2 is 1.92 bits per heavy atom. The van der Waals surface area contributed by atoms with Gasteiger partial charge in [0, 0.05) is 19.5 Å². The maximum Gasteiger partial charge on any atom is 0.415 e. The van der Waals surface area contributed by atoms with Crippen LogP contribution in [0, 0.1) is 0 Å².